The maximum atomic E-state index is 12.6. The fourth-order valence-corrected chi connectivity index (χ4v) is 3.29. The molecular formula is C17H14O3. The molecule has 2 heterocycles. The van der Waals surface area contributed by atoms with E-state index in [0.717, 1.165) is 16.9 Å². The standard InChI is InChI=1S/C17H14O3/c18-16-17(12-6-2-1-3-7-12)10-13(11-19-16)20-15-9-5-4-8-14(15)17/h1-9,13H,10-11H2. The van der Waals surface area contributed by atoms with E-state index in [9.17, 15) is 4.79 Å². The van der Waals surface area contributed by atoms with Gasteiger partial charge in [0.05, 0.1) is 0 Å². The van der Waals surface area contributed by atoms with Gasteiger partial charge in [0.1, 0.15) is 23.9 Å². The van der Waals surface area contributed by atoms with Gasteiger partial charge < -0.3 is 9.47 Å². The Kier molecular flexibility index (Phi) is 2.36. The summed E-state index contributed by atoms with van der Waals surface area (Å²) in [5.41, 5.74) is 1.16. The zero-order valence-corrected chi connectivity index (χ0v) is 10.9. The summed E-state index contributed by atoms with van der Waals surface area (Å²) in [5.74, 6) is 0.625. The summed E-state index contributed by atoms with van der Waals surface area (Å²) < 4.78 is 11.3. The predicted molar refractivity (Wildman–Crippen MR) is 73.7 cm³/mol. The van der Waals surface area contributed by atoms with Crippen molar-refractivity contribution in [2.75, 3.05) is 6.61 Å². The molecule has 0 amide bonds. The van der Waals surface area contributed by atoms with Crippen molar-refractivity contribution in [3.05, 3.63) is 65.7 Å². The number of ether oxygens (including phenoxy) is 2. The van der Waals surface area contributed by atoms with Gasteiger partial charge >= 0.3 is 5.97 Å². The minimum atomic E-state index is -0.723. The summed E-state index contributed by atoms with van der Waals surface area (Å²) >= 11 is 0. The summed E-state index contributed by atoms with van der Waals surface area (Å²) in [5, 5.41) is 0. The number of carbonyl (C=O) groups is 1. The zero-order valence-electron chi connectivity index (χ0n) is 10.9. The summed E-state index contributed by atoms with van der Waals surface area (Å²) in [6.07, 6.45) is 0.579. The van der Waals surface area contributed by atoms with Crippen molar-refractivity contribution in [1.29, 1.82) is 0 Å². The summed E-state index contributed by atoms with van der Waals surface area (Å²) in [7, 11) is 0. The van der Waals surface area contributed by atoms with Gasteiger partial charge in [0, 0.05) is 12.0 Å². The van der Waals surface area contributed by atoms with Gasteiger partial charge in [0.25, 0.3) is 0 Å². The van der Waals surface area contributed by atoms with Gasteiger partial charge in [-0.2, -0.15) is 0 Å². The Morgan fingerprint density at radius 2 is 1.75 bits per heavy atom. The largest absolute Gasteiger partial charge is 0.486 e. The van der Waals surface area contributed by atoms with Crippen molar-refractivity contribution in [1.82, 2.24) is 0 Å². The number of esters is 1. The molecule has 100 valence electrons. The van der Waals surface area contributed by atoms with Crippen LogP contribution in [0.1, 0.15) is 17.5 Å². The molecule has 2 bridgehead atoms. The van der Waals surface area contributed by atoms with Crippen LogP contribution in [-0.4, -0.2) is 18.7 Å². The molecule has 0 aliphatic carbocycles. The lowest BCUT2D eigenvalue weighted by Gasteiger charge is -2.44. The molecule has 20 heavy (non-hydrogen) atoms. The second-order valence-electron chi connectivity index (χ2n) is 5.31. The van der Waals surface area contributed by atoms with Gasteiger partial charge in [-0.15, -0.1) is 0 Å². The van der Waals surface area contributed by atoms with Gasteiger partial charge in [-0.1, -0.05) is 48.5 Å². The second kappa shape index (κ2) is 4.10. The molecule has 2 aliphatic heterocycles. The lowest BCUT2D eigenvalue weighted by molar-refractivity contribution is -0.161. The first-order valence-electron chi connectivity index (χ1n) is 6.79. The Morgan fingerprint density at radius 3 is 2.60 bits per heavy atom. The average molecular weight is 266 g/mol. The molecule has 2 aromatic rings. The normalized spacial score (nSPS) is 27.2. The Morgan fingerprint density at radius 1 is 1.00 bits per heavy atom. The Hall–Kier alpha value is -2.29. The minimum absolute atomic E-state index is 0.0668. The zero-order chi connectivity index (χ0) is 13.6. The molecule has 3 heteroatoms. The number of fused-ring (bicyclic) bond motifs is 4. The molecule has 0 saturated carbocycles. The van der Waals surface area contributed by atoms with Crippen LogP contribution in [-0.2, 0) is 14.9 Å². The van der Waals surface area contributed by atoms with Crippen molar-refractivity contribution in [3.63, 3.8) is 0 Å². The van der Waals surface area contributed by atoms with E-state index >= 15 is 0 Å². The lowest BCUT2D eigenvalue weighted by atomic mass is 9.68. The minimum Gasteiger partial charge on any atom is -0.486 e. The van der Waals surface area contributed by atoms with Crippen LogP contribution in [0.25, 0.3) is 0 Å². The molecule has 0 radical (unpaired) electrons. The third-order valence-electron chi connectivity index (χ3n) is 4.19. The second-order valence-corrected chi connectivity index (χ2v) is 5.31. The van der Waals surface area contributed by atoms with E-state index in [0.29, 0.717) is 13.0 Å². The van der Waals surface area contributed by atoms with Gasteiger partial charge in [0.15, 0.2) is 0 Å². The van der Waals surface area contributed by atoms with Gasteiger partial charge in [-0.05, 0) is 11.6 Å². The van der Waals surface area contributed by atoms with Crippen LogP contribution < -0.4 is 4.74 Å². The molecule has 2 atom stereocenters. The van der Waals surface area contributed by atoms with Crippen LogP contribution in [0.5, 0.6) is 5.75 Å². The van der Waals surface area contributed by atoms with Crippen LogP contribution >= 0.6 is 0 Å². The number of hydrogen-bond donors (Lipinski definition) is 0. The van der Waals surface area contributed by atoms with Gasteiger partial charge in [0.2, 0.25) is 0 Å². The quantitative estimate of drug-likeness (QED) is 0.744. The van der Waals surface area contributed by atoms with E-state index in [4.69, 9.17) is 9.47 Å². The number of para-hydroxylation sites is 1. The third-order valence-corrected chi connectivity index (χ3v) is 4.19. The average Bonchev–Trinajstić information content (AvgIpc) is 2.52. The van der Waals surface area contributed by atoms with Gasteiger partial charge in [-0.3, -0.25) is 4.79 Å². The molecule has 2 unspecified atom stereocenters. The fourth-order valence-electron chi connectivity index (χ4n) is 3.29. The molecule has 0 N–H and O–H groups in total. The van der Waals surface area contributed by atoms with Crippen LogP contribution in [0.15, 0.2) is 54.6 Å². The van der Waals surface area contributed by atoms with Crippen molar-refractivity contribution in [3.8, 4) is 5.75 Å². The first kappa shape index (κ1) is 11.5. The Bertz CT molecular complexity index is 665. The SMILES string of the molecule is O=C1OCC2CC1(c1ccccc1)c1ccccc1O2. The molecular weight excluding hydrogens is 252 g/mol. The van der Waals surface area contributed by atoms with Crippen LogP contribution in [0.3, 0.4) is 0 Å². The van der Waals surface area contributed by atoms with Crippen molar-refractivity contribution >= 4 is 5.97 Å². The number of benzene rings is 2. The van der Waals surface area contributed by atoms with E-state index in [2.05, 4.69) is 0 Å². The highest BCUT2D eigenvalue weighted by Gasteiger charge is 2.53. The highest BCUT2D eigenvalue weighted by Crippen LogP contribution is 2.48. The summed E-state index contributed by atoms with van der Waals surface area (Å²) in [4.78, 5) is 12.6. The van der Waals surface area contributed by atoms with Crippen molar-refractivity contribution < 1.29 is 14.3 Å². The highest BCUT2D eigenvalue weighted by molar-refractivity contribution is 5.90. The molecule has 3 nitrogen and oxygen atoms in total. The summed E-state index contributed by atoms with van der Waals surface area (Å²) in [6.45, 7) is 0.335. The lowest BCUT2D eigenvalue weighted by Crippen LogP contribution is -2.52. The number of rotatable bonds is 1. The highest BCUT2D eigenvalue weighted by atomic mass is 16.6. The van der Waals surface area contributed by atoms with E-state index in [-0.39, 0.29) is 12.1 Å². The summed E-state index contributed by atoms with van der Waals surface area (Å²) in [6, 6.07) is 17.6. The molecule has 0 spiro atoms. The van der Waals surface area contributed by atoms with Crippen LogP contribution in [0.4, 0.5) is 0 Å². The van der Waals surface area contributed by atoms with E-state index < -0.39 is 5.41 Å². The maximum Gasteiger partial charge on any atom is 0.321 e. The first-order chi connectivity index (χ1) is 9.80. The van der Waals surface area contributed by atoms with Crippen molar-refractivity contribution in [2.24, 2.45) is 0 Å². The molecule has 2 aliphatic rings. The van der Waals surface area contributed by atoms with E-state index in [1.807, 2.05) is 54.6 Å². The Balaban J connectivity index is 2.01. The third kappa shape index (κ3) is 1.43. The number of cyclic esters (lactones) is 1. The smallest absolute Gasteiger partial charge is 0.321 e. The van der Waals surface area contributed by atoms with E-state index in [1.165, 1.54) is 0 Å². The topological polar surface area (TPSA) is 35.5 Å². The van der Waals surface area contributed by atoms with Gasteiger partial charge in [-0.25, -0.2) is 0 Å². The van der Waals surface area contributed by atoms with Crippen LogP contribution in [0, 0.1) is 0 Å². The molecule has 1 fully saturated rings. The molecule has 0 aromatic heterocycles. The number of carbonyl (C=O) groups excluding carboxylic acids is 1. The molecule has 2 aromatic carbocycles. The Labute approximate surface area is 117 Å². The molecule has 4 rings (SSSR count). The number of hydrogen-bond acceptors (Lipinski definition) is 3. The maximum absolute atomic E-state index is 12.6. The van der Waals surface area contributed by atoms with E-state index in [1.54, 1.807) is 0 Å². The predicted octanol–water partition coefficient (Wildman–Crippen LogP) is 2.68. The monoisotopic (exact) mass is 266 g/mol. The fraction of sp³-hybridized carbons (Fsp3) is 0.235. The molecule has 1 saturated heterocycles. The van der Waals surface area contributed by atoms with Crippen molar-refractivity contribution in [2.45, 2.75) is 17.9 Å². The first-order valence-corrected chi connectivity index (χ1v) is 6.79. The van der Waals surface area contributed by atoms with Crippen LogP contribution in [0.2, 0.25) is 0 Å².